The maximum Gasteiger partial charge on any atom is 0.0754 e. The zero-order chi connectivity index (χ0) is 10.2. The normalized spacial score (nSPS) is 48.6. The number of nitrogens with two attached hydrogens (primary N) is 1. The van der Waals surface area contributed by atoms with Gasteiger partial charge in [0.25, 0.3) is 0 Å². The van der Waals surface area contributed by atoms with Crippen LogP contribution < -0.4 is 5.73 Å². The largest absolute Gasteiger partial charge is 0.376 e. The van der Waals surface area contributed by atoms with Gasteiger partial charge in [0.2, 0.25) is 0 Å². The zero-order valence-corrected chi connectivity index (χ0v) is 9.46. The Hall–Kier alpha value is -0.0800. The number of ether oxygens (including phenoxy) is 1. The Balaban J connectivity index is 2.12. The second-order valence-electron chi connectivity index (χ2n) is 5.56. The second-order valence-corrected chi connectivity index (χ2v) is 5.56. The Morgan fingerprint density at radius 2 is 1.93 bits per heavy atom. The van der Waals surface area contributed by atoms with Gasteiger partial charge in [0, 0.05) is 18.6 Å². The van der Waals surface area contributed by atoms with Gasteiger partial charge in [-0.3, -0.25) is 0 Å². The van der Waals surface area contributed by atoms with Crippen LogP contribution in [0.2, 0.25) is 0 Å². The molecule has 2 fully saturated rings. The van der Waals surface area contributed by atoms with E-state index in [1.807, 2.05) is 0 Å². The summed E-state index contributed by atoms with van der Waals surface area (Å²) in [6.07, 6.45) is 5.63. The first-order valence-electron chi connectivity index (χ1n) is 5.98. The molecule has 3 unspecified atom stereocenters. The number of rotatable bonds is 1. The van der Waals surface area contributed by atoms with E-state index in [4.69, 9.17) is 10.5 Å². The molecule has 2 N–H and O–H groups in total. The van der Waals surface area contributed by atoms with Gasteiger partial charge < -0.3 is 10.5 Å². The van der Waals surface area contributed by atoms with E-state index in [0.717, 1.165) is 18.4 Å². The van der Waals surface area contributed by atoms with Crippen LogP contribution in [0.3, 0.4) is 0 Å². The van der Waals surface area contributed by atoms with Gasteiger partial charge in [0.15, 0.2) is 0 Å². The lowest BCUT2D eigenvalue weighted by Crippen LogP contribution is -2.42. The third-order valence-electron chi connectivity index (χ3n) is 4.13. The van der Waals surface area contributed by atoms with Crippen molar-refractivity contribution in [3.8, 4) is 0 Å². The topological polar surface area (TPSA) is 35.2 Å². The molecule has 1 spiro atoms. The van der Waals surface area contributed by atoms with E-state index in [-0.39, 0.29) is 0 Å². The summed E-state index contributed by atoms with van der Waals surface area (Å²) in [7, 11) is 0. The summed E-state index contributed by atoms with van der Waals surface area (Å²) in [6.45, 7) is 6.40. The highest BCUT2D eigenvalue weighted by molar-refractivity contribution is 4.97. The predicted molar refractivity (Wildman–Crippen MR) is 58.0 cm³/mol. The fourth-order valence-corrected chi connectivity index (χ4v) is 3.85. The molecule has 2 nitrogen and oxygen atoms in total. The molecule has 0 amide bonds. The van der Waals surface area contributed by atoms with Crippen LogP contribution in [-0.4, -0.2) is 19.3 Å². The van der Waals surface area contributed by atoms with Crippen LogP contribution >= 0.6 is 0 Å². The van der Waals surface area contributed by atoms with Crippen LogP contribution in [-0.2, 0) is 4.74 Å². The van der Waals surface area contributed by atoms with Crippen LogP contribution in [0.25, 0.3) is 0 Å². The summed E-state index contributed by atoms with van der Waals surface area (Å²) in [5.41, 5.74) is 6.24. The minimum Gasteiger partial charge on any atom is -0.376 e. The lowest BCUT2D eigenvalue weighted by atomic mass is 9.63. The molecule has 1 aliphatic carbocycles. The minimum absolute atomic E-state index is 0.340. The third-order valence-corrected chi connectivity index (χ3v) is 4.13. The lowest BCUT2D eigenvalue weighted by Gasteiger charge is -2.43. The van der Waals surface area contributed by atoms with Crippen molar-refractivity contribution < 1.29 is 4.74 Å². The fraction of sp³-hybridized carbons (Fsp3) is 1.00. The molecule has 0 bridgehead atoms. The van der Waals surface area contributed by atoms with Crippen molar-refractivity contribution in [2.75, 3.05) is 13.2 Å². The molecule has 2 heteroatoms. The van der Waals surface area contributed by atoms with E-state index in [9.17, 15) is 0 Å². The van der Waals surface area contributed by atoms with Crippen molar-refractivity contribution in [3.63, 3.8) is 0 Å². The molecule has 1 aliphatic heterocycles. The third kappa shape index (κ3) is 1.70. The van der Waals surface area contributed by atoms with Crippen molar-refractivity contribution in [1.82, 2.24) is 0 Å². The maximum atomic E-state index is 5.81. The zero-order valence-electron chi connectivity index (χ0n) is 9.46. The second kappa shape index (κ2) is 3.82. The molecule has 1 heterocycles. The average molecular weight is 197 g/mol. The fourth-order valence-electron chi connectivity index (χ4n) is 3.85. The van der Waals surface area contributed by atoms with Crippen molar-refractivity contribution in [3.05, 3.63) is 0 Å². The first-order valence-corrected chi connectivity index (χ1v) is 5.98. The Morgan fingerprint density at radius 3 is 2.50 bits per heavy atom. The van der Waals surface area contributed by atoms with E-state index < -0.39 is 0 Å². The summed E-state index contributed by atoms with van der Waals surface area (Å²) in [6, 6.07) is 0. The molecular weight excluding hydrogens is 174 g/mol. The van der Waals surface area contributed by atoms with E-state index in [2.05, 4.69) is 13.8 Å². The van der Waals surface area contributed by atoms with Crippen molar-refractivity contribution in [2.24, 2.45) is 23.0 Å². The monoisotopic (exact) mass is 197 g/mol. The summed E-state index contributed by atoms with van der Waals surface area (Å²) < 4.78 is 5.77. The quantitative estimate of drug-likeness (QED) is 0.699. The van der Waals surface area contributed by atoms with Crippen molar-refractivity contribution in [2.45, 2.75) is 45.6 Å². The van der Waals surface area contributed by atoms with Gasteiger partial charge in [0.1, 0.15) is 0 Å². The predicted octanol–water partition coefficient (Wildman–Crippen LogP) is 2.18. The highest BCUT2D eigenvalue weighted by Gasteiger charge is 2.46. The minimum atomic E-state index is 0.340. The van der Waals surface area contributed by atoms with Crippen LogP contribution in [0.4, 0.5) is 0 Å². The molecule has 3 atom stereocenters. The van der Waals surface area contributed by atoms with Crippen LogP contribution in [0.1, 0.15) is 39.5 Å². The number of hydrogen-bond donors (Lipinski definition) is 1. The average Bonchev–Trinajstić information content (AvgIpc) is 2.45. The van der Waals surface area contributed by atoms with Gasteiger partial charge in [-0.2, -0.15) is 0 Å². The lowest BCUT2D eigenvalue weighted by molar-refractivity contribution is 0.00812. The molecule has 2 rings (SSSR count). The summed E-state index contributed by atoms with van der Waals surface area (Å²) in [5, 5.41) is 0. The van der Waals surface area contributed by atoms with Crippen LogP contribution in [0.5, 0.6) is 0 Å². The summed E-state index contributed by atoms with van der Waals surface area (Å²) in [5.74, 6) is 1.71. The van der Waals surface area contributed by atoms with Gasteiger partial charge >= 0.3 is 0 Å². The van der Waals surface area contributed by atoms with E-state index in [1.54, 1.807) is 0 Å². The molecule has 14 heavy (non-hydrogen) atoms. The Labute approximate surface area is 87.2 Å². The Bertz CT molecular complexity index is 194. The van der Waals surface area contributed by atoms with E-state index in [1.165, 1.54) is 25.7 Å². The van der Waals surface area contributed by atoms with Gasteiger partial charge in [-0.1, -0.05) is 13.8 Å². The van der Waals surface area contributed by atoms with Crippen molar-refractivity contribution >= 4 is 0 Å². The molecule has 2 aliphatic rings. The van der Waals surface area contributed by atoms with Gasteiger partial charge in [-0.05, 0) is 37.5 Å². The van der Waals surface area contributed by atoms with Crippen LogP contribution in [0, 0.1) is 17.3 Å². The standard InChI is InChI=1S/C12H23NO/c1-9-5-10(2)7-12(6-9)3-4-14-11(12)8-13/h9-11H,3-8,13H2,1-2H3. The van der Waals surface area contributed by atoms with E-state index >= 15 is 0 Å². The first kappa shape index (κ1) is 10.4. The molecule has 0 aromatic carbocycles. The molecule has 0 aromatic rings. The first-order chi connectivity index (χ1) is 6.66. The van der Waals surface area contributed by atoms with Gasteiger partial charge in [0.05, 0.1) is 6.10 Å². The molecule has 82 valence electrons. The van der Waals surface area contributed by atoms with E-state index in [0.29, 0.717) is 18.1 Å². The SMILES string of the molecule is CC1CC(C)CC2(CCOC2CN)C1. The highest BCUT2D eigenvalue weighted by Crippen LogP contribution is 2.50. The maximum absolute atomic E-state index is 5.81. The molecule has 0 radical (unpaired) electrons. The molecule has 1 saturated heterocycles. The van der Waals surface area contributed by atoms with Gasteiger partial charge in [-0.25, -0.2) is 0 Å². The Morgan fingerprint density at radius 1 is 1.29 bits per heavy atom. The highest BCUT2D eigenvalue weighted by atomic mass is 16.5. The summed E-state index contributed by atoms with van der Waals surface area (Å²) >= 11 is 0. The van der Waals surface area contributed by atoms with Crippen molar-refractivity contribution in [1.29, 1.82) is 0 Å². The van der Waals surface area contributed by atoms with Gasteiger partial charge in [-0.15, -0.1) is 0 Å². The molecule has 1 saturated carbocycles. The number of hydrogen-bond acceptors (Lipinski definition) is 2. The Kier molecular flexibility index (Phi) is 2.85. The molecular formula is C12H23NO. The smallest absolute Gasteiger partial charge is 0.0754 e. The molecule has 0 aromatic heterocycles. The van der Waals surface area contributed by atoms with Crippen LogP contribution in [0.15, 0.2) is 0 Å². The summed E-state index contributed by atoms with van der Waals surface area (Å²) in [4.78, 5) is 0.